The molecule has 0 spiro atoms. The van der Waals surface area contributed by atoms with Gasteiger partial charge in [-0.25, -0.2) is 9.36 Å². The van der Waals surface area contributed by atoms with Gasteiger partial charge >= 0.3 is 11.9 Å². The molecule has 1 amide bonds. The van der Waals surface area contributed by atoms with E-state index in [1.54, 1.807) is 18.7 Å². The quantitative estimate of drug-likeness (QED) is 0.499. The molecule has 2 heterocycles. The van der Waals surface area contributed by atoms with Crippen LogP contribution in [0.4, 0.5) is 13.2 Å². The molecule has 0 radical (unpaired) electrons. The Hall–Kier alpha value is -2.88. The molecule has 0 atom stereocenters. The maximum atomic E-state index is 13.4. The number of fused-ring (bicyclic) bond motifs is 1. The van der Waals surface area contributed by atoms with E-state index in [9.17, 15) is 27.6 Å². The van der Waals surface area contributed by atoms with Gasteiger partial charge in [0.05, 0.1) is 16.6 Å². The van der Waals surface area contributed by atoms with Crippen molar-refractivity contribution in [3.8, 4) is 5.69 Å². The highest BCUT2D eigenvalue weighted by molar-refractivity contribution is 7.18. The lowest BCUT2D eigenvalue weighted by Gasteiger charge is -2.22. The van der Waals surface area contributed by atoms with Crippen LogP contribution in [0.3, 0.4) is 0 Å². The first-order valence-electron chi connectivity index (χ1n) is 10.7. The molecule has 0 saturated heterocycles. The van der Waals surface area contributed by atoms with E-state index < -0.39 is 23.0 Å². The van der Waals surface area contributed by atoms with Crippen LogP contribution in [0.2, 0.25) is 0 Å². The van der Waals surface area contributed by atoms with E-state index in [1.807, 2.05) is 13.8 Å². The Labute approximate surface area is 192 Å². The van der Waals surface area contributed by atoms with Crippen molar-refractivity contribution in [2.24, 2.45) is 0 Å². The van der Waals surface area contributed by atoms with Gasteiger partial charge < -0.3 is 4.90 Å². The van der Waals surface area contributed by atoms with Crippen molar-refractivity contribution in [1.29, 1.82) is 0 Å². The predicted octanol–water partition coefficient (Wildman–Crippen LogP) is 4.50. The Bertz CT molecular complexity index is 1300. The summed E-state index contributed by atoms with van der Waals surface area (Å²) >= 11 is 1.22. The summed E-state index contributed by atoms with van der Waals surface area (Å²) in [6.45, 7) is 8.17. The molecule has 0 bridgehead atoms. The summed E-state index contributed by atoms with van der Waals surface area (Å²) in [4.78, 5) is 42.6. The third-order valence-corrected chi connectivity index (χ3v) is 6.75. The van der Waals surface area contributed by atoms with Gasteiger partial charge in [-0.15, -0.1) is 11.3 Å². The number of benzene rings is 1. The lowest BCUT2D eigenvalue weighted by Crippen LogP contribution is -2.43. The van der Waals surface area contributed by atoms with Crippen LogP contribution in [0.15, 0.2) is 33.9 Å². The molecular formula is C23H26F3N3O3S. The van der Waals surface area contributed by atoms with Gasteiger partial charge in [-0.3, -0.25) is 14.2 Å². The number of halogens is 3. The molecule has 6 nitrogen and oxygen atoms in total. The number of alkyl halides is 3. The molecule has 0 N–H and O–H groups in total. The van der Waals surface area contributed by atoms with Crippen molar-refractivity contribution in [2.75, 3.05) is 13.1 Å². The zero-order valence-corrected chi connectivity index (χ0v) is 19.8. The monoisotopic (exact) mass is 481 g/mol. The number of aromatic nitrogens is 2. The number of carbonyl (C=O) groups is 1. The molecule has 0 unspecified atom stereocenters. The van der Waals surface area contributed by atoms with Gasteiger partial charge in [0.15, 0.2) is 0 Å². The minimum atomic E-state index is -4.63. The van der Waals surface area contributed by atoms with Crippen molar-refractivity contribution >= 4 is 27.5 Å². The van der Waals surface area contributed by atoms with Crippen molar-refractivity contribution < 1.29 is 18.0 Å². The SMILES string of the molecule is CCCN(CCC)C(=O)Cn1c(=O)n(-c2cccc(C(F)(F)F)c2)c(=O)c2c(C)c(C)sc21. The number of carbonyl (C=O) groups excluding carboxylic acids is 1. The van der Waals surface area contributed by atoms with Crippen LogP contribution in [-0.4, -0.2) is 33.0 Å². The molecule has 3 rings (SSSR count). The maximum Gasteiger partial charge on any atom is 0.416 e. The minimum absolute atomic E-state index is 0.190. The lowest BCUT2D eigenvalue weighted by molar-refractivity contribution is -0.137. The van der Waals surface area contributed by atoms with Crippen LogP contribution in [0, 0.1) is 13.8 Å². The van der Waals surface area contributed by atoms with Crippen LogP contribution in [0.5, 0.6) is 0 Å². The third-order valence-electron chi connectivity index (χ3n) is 5.52. The van der Waals surface area contributed by atoms with Gasteiger partial charge in [-0.2, -0.15) is 13.2 Å². The summed E-state index contributed by atoms with van der Waals surface area (Å²) in [6, 6.07) is 4.09. The first-order chi connectivity index (χ1) is 15.5. The van der Waals surface area contributed by atoms with E-state index >= 15 is 0 Å². The second kappa shape index (κ2) is 9.54. The van der Waals surface area contributed by atoms with Crippen LogP contribution in [-0.2, 0) is 17.5 Å². The van der Waals surface area contributed by atoms with Crippen LogP contribution >= 0.6 is 11.3 Å². The predicted molar refractivity (Wildman–Crippen MR) is 123 cm³/mol. The first kappa shape index (κ1) is 24.8. The average molecular weight is 482 g/mol. The van der Waals surface area contributed by atoms with Gasteiger partial charge in [0.1, 0.15) is 11.4 Å². The zero-order chi connectivity index (χ0) is 24.5. The molecule has 10 heteroatoms. The van der Waals surface area contributed by atoms with Crippen molar-refractivity contribution in [2.45, 2.75) is 53.3 Å². The van der Waals surface area contributed by atoms with E-state index in [0.29, 0.717) is 23.5 Å². The topological polar surface area (TPSA) is 64.3 Å². The smallest absolute Gasteiger partial charge is 0.341 e. The van der Waals surface area contributed by atoms with Crippen LogP contribution in [0.1, 0.15) is 42.7 Å². The Morgan fingerprint density at radius 3 is 2.30 bits per heavy atom. The van der Waals surface area contributed by atoms with Crippen LogP contribution in [0.25, 0.3) is 15.9 Å². The second-order valence-electron chi connectivity index (χ2n) is 7.90. The Balaban J connectivity index is 2.28. The zero-order valence-electron chi connectivity index (χ0n) is 19.0. The van der Waals surface area contributed by atoms with E-state index in [4.69, 9.17) is 0 Å². The summed E-state index contributed by atoms with van der Waals surface area (Å²) < 4.78 is 41.8. The molecule has 0 aliphatic heterocycles. The Kier molecular flexibility index (Phi) is 7.16. The second-order valence-corrected chi connectivity index (χ2v) is 9.10. The summed E-state index contributed by atoms with van der Waals surface area (Å²) in [5, 5.41) is 0.236. The summed E-state index contributed by atoms with van der Waals surface area (Å²) in [7, 11) is 0. The van der Waals surface area contributed by atoms with E-state index in [-0.39, 0.29) is 23.5 Å². The third kappa shape index (κ3) is 4.75. The number of hydrogen-bond acceptors (Lipinski definition) is 4. The summed E-state index contributed by atoms with van der Waals surface area (Å²) in [6.07, 6.45) is -3.14. The molecule has 178 valence electrons. The number of amides is 1. The maximum absolute atomic E-state index is 13.4. The van der Waals surface area contributed by atoms with Gasteiger partial charge in [0.2, 0.25) is 5.91 Å². The minimum Gasteiger partial charge on any atom is -0.341 e. The molecule has 0 saturated carbocycles. The normalized spacial score (nSPS) is 11.8. The largest absolute Gasteiger partial charge is 0.416 e. The van der Waals surface area contributed by atoms with E-state index in [2.05, 4.69) is 0 Å². The van der Waals surface area contributed by atoms with Gasteiger partial charge in [-0.05, 0) is 50.5 Å². The fourth-order valence-electron chi connectivity index (χ4n) is 3.78. The highest BCUT2D eigenvalue weighted by atomic mass is 32.1. The molecule has 0 fully saturated rings. The number of nitrogens with zero attached hydrogens (tertiary/aromatic N) is 3. The number of rotatable bonds is 7. The van der Waals surface area contributed by atoms with E-state index in [0.717, 1.165) is 40.5 Å². The summed E-state index contributed by atoms with van der Waals surface area (Å²) in [5.74, 6) is -0.278. The van der Waals surface area contributed by atoms with Gasteiger partial charge in [-0.1, -0.05) is 19.9 Å². The van der Waals surface area contributed by atoms with Crippen molar-refractivity contribution in [1.82, 2.24) is 14.0 Å². The van der Waals surface area contributed by atoms with E-state index in [1.165, 1.54) is 22.0 Å². The lowest BCUT2D eigenvalue weighted by atomic mass is 10.2. The van der Waals surface area contributed by atoms with Crippen LogP contribution < -0.4 is 11.2 Å². The van der Waals surface area contributed by atoms with Crippen molar-refractivity contribution in [3.63, 3.8) is 0 Å². The molecule has 1 aromatic carbocycles. The Morgan fingerprint density at radius 1 is 1.09 bits per heavy atom. The molecule has 0 aliphatic carbocycles. The fourth-order valence-corrected chi connectivity index (χ4v) is 4.92. The summed E-state index contributed by atoms with van der Waals surface area (Å²) in [5.41, 5.74) is -2.05. The first-order valence-corrected chi connectivity index (χ1v) is 11.5. The highest BCUT2D eigenvalue weighted by Gasteiger charge is 2.31. The molecule has 2 aromatic heterocycles. The fraction of sp³-hybridized carbons (Fsp3) is 0.435. The molecule has 0 aliphatic rings. The number of thiophene rings is 1. The van der Waals surface area contributed by atoms with Gasteiger partial charge in [0, 0.05) is 18.0 Å². The standard InChI is InChI=1S/C23H26F3N3O3S/c1-5-10-27(11-6-2)18(30)13-28-21-19(14(3)15(4)33-21)20(31)29(22(28)32)17-9-7-8-16(12-17)23(24,25)26/h7-9,12H,5-6,10-11,13H2,1-4H3. The number of aryl methyl sites for hydroxylation is 2. The molecular weight excluding hydrogens is 455 g/mol. The van der Waals surface area contributed by atoms with Crippen molar-refractivity contribution in [3.05, 3.63) is 61.1 Å². The number of hydrogen-bond donors (Lipinski definition) is 0. The highest BCUT2D eigenvalue weighted by Crippen LogP contribution is 2.31. The van der Waals surface area contributed by atoms with Gasteiger partial charge in [0.25, 0.3) is 5.56 Å². The average Bonchev–Trinajstić information content (AvgIpc) is 3.05. The molecule has 3 aromatic rings. The Morgan fingerprint density at radius 2 is 1.73 bits per heavy atom. The molecule has 33 heavy (non-hydrogen) atoms.